The molecule has 0 aliphatic rings. The number of rotatable bonds is 6. The molecular weight excluding hydrogens is 342 g/mol. The van der Waals surface area contributed by atoms with Gasteiger partial charge in [0.05, 0.1) is 0 Å². The van der Waals surface area contributed by atoms with Gasteiger partial charge in [0.25, 0.3) is 0 Å². The Kier molecular flexibility index (Phi) is 4.94. The van der Waals surface area contributed by atoms with Crippen molar-refractivity contribution in [2.75, 3.05) is 0 Å². The molecule has 130 valence electrons. The van der Waals surface area contributed by atoms with Crippen molar-refractivity contribution in [3.63, 3.8) is 0 Å². The quantitative estimate of drug-likeness (QED) is 0.407. The first kappa shape index (κ1) is 20.5. The second kappa shape index (κ2) is 5.30. The molecule has 0 aliphatic heterocycles. The van der Waals surface area contributed by atoms with Gasteiger partial charge in [0, 0.05) is 12.5 Å². The zero-order chi connectivity index (χ0) is 18.4. The number of hydrogen-bond donors (Lipinski definition) is 0. The molecule has 0 saturated carbocycles. The molecule has 0 bridgehead atoms. The third-order valence-electron chi connectivity index (χ3n) is 2.27. The summed E-state index contributed by atoms with van der Waals surface area (Å²) < 4.78 is 131. The molecule has 0 amide bonds. The largest absolute Gasteiger partial charge is 0.473 e. The van der Waals surface area contributed by atoms with Crippen LogP contribution in [0.4, 0.5) is 43.9 Å². The summed E-state index contributed by atoms with van der Waals surface area (Å²) in [4.78, 5) is 10.7. The first-order chi connectivity index (χ1) is 9.33. The zero-order valence-electron chi connectivity index (χ0n) is 10.8. The minimum Gasteiger partial charge on any atom is -0.393 e. The number of halogens is 10. The molecule has 0 rings (SSSR count). The topological polar surface area (TPSA) is 26.3 Å². The number of alkyl halides is 10. The Morgan fingerprint density at radius 3 is 1.45 bits per heavy atom. The number of carbonyl (C=O) groups is 1. The van der Waals surface area contributed by atoms with Crippen molar-refractivity contribution >= 4 is 5.97 Å². The molecule has 0 radical (unpaired) electrons. The Hall–Kier alpha value is -1.49. The van der Waals surface area contributed by atoms with Crippen molar-refractivity contribution in [1.82, 2.24) is 0 Å². The van der Waals surface area contributed by atoms with Gasteiger partial charge in [-0.3, -0.25) is 0 Å². The van der Waals surface area contributed by atoms with Gasteiger partial charge in [-0.2, -0.15) is 43.9 Å². The molecule has 0 N–H and O–H groups in total. The Bertz CT molecular complexity index is 463. The van der Waals surface area contributed by atoms with E-state index in [9.17, 15) is 48.7 Å². The van der Waals surface area contributed by atoms with Crippen LogP contribution < -0.4 is 0 Å². The van der Waals surface area contributed by atoms with Crippen molar-refractivity contribution in [2.45, 2.75) is 43.6 Å². The summed E-state index contributed by atoms with van der Waals surface area (Å²) in [5, 5.41) is 0. The van der Waals surface area contributed by atoms with Crippen molar-refractivity contribution < 1.29 is 53.4 Å². The molecule has 0 aromatic carbocycles. The summed E-state index contributed by atoms with van der Waals surface area (Å²) >= 11 is 0. The van der Waals surface area contributed by atoms with Gasteiger partial charge in [0.2, 0.25) is 0 Å². The van der Waals surface area contributed by atoms with Gasteiger partial charge in [-0.25, -0.2) is 4.79 Å². The highest BCUT2D eigenvalue weighted by Crippen LogP contribution is 2.57. The van der Waals surface area contributed by atoms with E-state index in [0.29, 0.717) is 6.92 Å². The van der Waals surface area contributed by atoms with Crippen LogP contribution in [0.2, 0.25) is 0 Å². The van der Waals surface area contributed by atoms with Crippen LogP contribution in [0, 0.1) is 0 Å². The number of esters is 1. The first-order valence-electron chi connectivity index (χ1n) is 5.11. The Labute approximate surface area is 116 Å². The molecule has 0 heterocycles. The molecule has 0 aliphatic carbocycles. The van der Waals surface area contributed by atoms with Crippen LogP contribution in [0.5, 0.6) is 0 Å². The maximum Gasteiger partial charge on any atom is 0.473 e. The molecule has 0 atom stereocenters. The highest BCUT2D eigenvalue weighted by Gasteiger charge is 2.87. The van der Waals surface area contributed by atoms with Crippen LogP contribution in [-0.4, -0.2) is 35.8 Å². The molecule has 0 aromatic heterocycles. The maximum absolute atomic E-state index is 13.0. The van der Waals surface area contributed by atoms with E-state index in [1.54, 1.807) is 0 Å². The van der Waals surface area contributed by atoms with Crippen molar-refractivity contribution in [3.8, 4) is 0 Å². The summed E-state index contributed by atoms with van der Waals surface area (Å²) in [6.45, 7) is 2.45. The van der Waals surface area contributed by atoms with Crippen LogP contribution >= 0.6 is 0 Å². The van der Waals surface area contributed by atoms with E-state index in [1.807, 2.05) is 0 Å². The SMILES string of the molecule is C=C(C)C(=O)OC(F)(F)C(F)(F)C(F)(F)C(F)(F)C(C)(F)F. The van der Waals surface area contributed by atoms with E-state index in [-0.39, 0.29) is 0 Å². The van der Waals surface area contributed by atoms with Crippen LogP contribution in [0.3, 0.4) is 0 Å². The fourth-order valence-corrected chi connectivity index (χ4v) is 0.923. The van der Waals surface area contributed by atoms with Gasteiger partial charge in [0.1, 0.15) is 0 Å². The van der Waals surface area contributed by atoms with E-state index in [1.165, 1.54) is 0 Å². The van der Waals surface area contributed by atoms with Crippen LogP contribution in [0.25, 0.3) is 0 Å². The van der Waals surface area contributed by atoms with Crippen molar-refractivity contribution in [3.05, 3.63) is 12.2 Å². The van der Waals surface area contributed by atoms with Gasteiger partial charge in [0.15, 0.2) is 0 Å². The van der Waals surface area contributed by atoms with Crippen molar-refractivity contribution in [2.24, 2.45) is 0 Å². The fourth-order valence-electron chi connectivity index (χ4n) is 0.923. The summed E-state index contributed by atoms with van der Waals surface area (Å²) in [5.41, 5.74) is -0.952. The van der Waals surface area contributed by atoms with E-state index >= 15 is 0 Å². The smallest absolute Gasteiger partial charge is 0.393 e. The van der Waals surface area contributed by atoms with Crippen LogP contribution in [-0.2, 0) is 9.53 Å². The molecule has 0 fully saturated rings. The van der Waals surface area contributed by atoms with Crippen LogP contribution in [0.1, 0.15) is 13.8 Å². The maximum atomic E-state index is 13.0. The summed E-state index contributed by atoms with van der Waals surface area (Å²) in [6.07, 6.45) is -6.50. The van der Waals surface area contributed by atoms with E-state index in [0.717, 1.165) is 0 Å². The normalized spacial score (nSPS) is 14.7. The third kappa shape index (κ3) is 3.00. The summed E-state index contributed by atoms with van der Waals surface area (Å²) in [5.74, 6) is -29.3. The van der Waals surface area contributed by atoms with Crippen LogP contribution in [0.15, 0.2) is 12.2 Å². The van der Waals surface area contributed by atoms with Gasteiger partial charge < -0.3 is 4.74 Å². The Morgan fingerprint density at radius 2 is 1.18 bits per heavy atom. The summed E-state index contributed by atoms with van der Waals surface area (Å²) in [6, 6.07) is 0. The van der Waals surface area contributed by atoms with Gasteiger partial charge in [-0.1, -0.05) is 6.58 Å². The Morgan fingerprint density at radius 1 is 0.818 bits per heavy atom. The molecule has 2 nitrogen and oxygen atoms in total. The molecule has 0 aromatic rings. The predicted molar refractivity (Wildman–Crippen MR) is 51.3 cm³/mol. The highest BCUT2D eigenvalue weighted by molar-refractivity contribution is 5.87. The highest BCUT2D eigenvalue weighted by atomic mass is 19.4. The second-order valence-electron chi connectivity index (χ2n) is 4.30. The minimum absolute atomic E-state index is 0.656. The third-order valence-corrected chi connectivity index (χ3v) is 2.27. The molecule has 0 unspecified atom stereocenters. The monoisotopic (exact) mass is 350 g/mol. The van der Waals surface area contributed by atoms with E-state index in [4.69, 9.17) is 0 Å². The van der Waals surface area contributed by atoms with E-state index < -0.39 is 48.3 Å². The standard InChI is InChI=1S/C10H8F10O2/c1-4(2)5(21)22-10(19,20)9(17,18)8(15,16)7(13,14)6(3,11)12/h1H2,2-3H3. The Balaban J connectivity index is 5.89. The lowest BCUT2D eigenvalue weighted by Gasteiger charge is -2.37. The van der Waals surface area contributed by atoms with Gasteiger partial charge in [-0.15, -0.1) is 0 Å². The molecule has 22 heavy (non-hydrogen) atoms. The lowest BCUT2D eigenvalue weighted by Crippen LogP contribution is -2.67. The minimum atomic E-state index is -7.24. The predicted octanol–water partition coefficient (Wildman–Crippen LogP) is 4.26. The van der Waals surface area contributed by atoms with Crippen molar-refractivity contribution in [1.29, 1.82) is 0 Å². The molecule has 0 saturated heterocycles. The second-order valence-corrected chi connectivity index (χ2v) is 4.30. The molecule has 0 spiro atoms. The first-order valence-corrected chi connectivity index (χ1v) is 5.11. The number of carbonyl (C=O) groups excluding carboxylic acids is 1. The average Bonchev–Trinajstić information content (AvgIpc) is 2.25. The molecule has 12 heteroatoms. The van der Waals surface area contributed by atoms with Gasteiger partial charge in [-0.05, 0) is 6.92 Å². The summed E-state index contributed by atoms with van der Waals surface area (Å²) in [7, 11) is 0. The molecular formula is C10H8F10O2. The lowest BCUT2D eigenvalue weighted by atomic mass is 9.99. The lowest BCUT2D eigenvalue weighted by molar-refractivity contribution is -0.435. The van der Waals surface area contributed by atoms with Gasteiger partial charge >= 0.3 is 35.8 Å². The number of ether oxygens (including phenoxy) is 1. The fraction of sp³-hybridized carbons (Fsp3) is 0.700. The average molecular weight is 350 g/mol. The zero-order valence-corrected chi connectivity index (χ0v) is 10.8. The number of hydrogen-bond acceptors (Lipinski definition) is 2. The van der Waals surface area contributed by atoms with E-state index in [2.05, 4.69) is 11.3 Å².